The van der Waals surface area contributed by atoms with Crippen molar-refractivity contribution in [2.24, 2.45) is 0 Å². The van der Waals surface area contributed by atoms with E-state index >= 15 is 0 Å². The number of hydrogen-bond donors (Lipinski definition) is 2. The highest BCUT2D eigenvalue weighted by Gasteiger charge is 2.32. The van der Waals surface area contributed by atoms with Gasteiger partial charge in [-0.2, -0.15) is 5.10 Å². The summed E-state index contributed by atoms with van der Waals surface area (Å²) in [5, 5.41) is 10.6. The Balaban J connectivity index is 1.40. The number of aryl methyl sites for hydroxylation is 1. The molecule has 0 unspecified atom stereocenters. The van der Waals surface area contributed by atoms with Crippen LogP contribution in [-0.2, 0) is 9.59 Å². The fourth-order valence-electron chi connectivity index (χ4n) is 3.17. The number of nitrogens with one attached hydrogen (secondary N) is 2. The van der Waals surface area contributed by atoms with Crippen LogP contribution in [0.1, 0.15) is 28.9 Å². The third kappa shape index (κ3) is 3.14. The molecule has 2 N–H and O–H groups in total. The predicted octanol–water partition coefficient (Wildman–Crippen LogP) is 0.434. The van der Waals surface area contributed by atoms with Gasteiger partial charge >= 0.3 is 11.8 Å². The number of benzene rings is 1. The summed E-state index contributed by atoms with van der Waals surface area (Å²) in [6.07, 6.45) is 1.89. The van der Waals surface area contributed by atoms with Crippen LogP contribution in [0.15, 0.2) is 18.2 Å². The Bertz CT molecular complexity index is 878. The minimum atomic E-state index is -0.541. The highest BCUT2D eigenvalue weighted by Crippen LogP contribution is 2.20. The largest absolute Gasteiger partial charge is 0.345 e. The second kappa shape index (κ2) is 6.44. The van der Waals surface area contributed by atoms with E-state index in [0.29, 0.717) is 31.9 Å². The van der Waals surface area contributed by atoms with E-state index in [9.17, 15) is 14.4 Å². The Morgan fingerprint density at radius 3 is 2.50 bits per heavy atom. The number of aromatic nitrogens is 2. The Labute approximate surface area is 150 Å². The van der Waals surface area contributed by atoms with Crippen molar-refractivity contribution >= 4 is 28.6 Å². The molecule has 3 amide bonds. The summed E-state index contributed by atoms with van der Waals surface area (Å²) in [6.45, 7) is 3.45. The molecule has 2 heterocycles. The zero-order chi connectivity index (χ0) is 18.3. The molecule has 0 radical (unpaired) electrons. The van der Waals surface area contributed by atoms with Crippen LogP contribution in [-0.4, -0.2) is 69.9 Å². The molecule has 0 bridgehead atoms. The predicted molar refractivity (Wildman–Crippen MR) is 94.5 cm³/mol. The summed E-state index contributed by atoms with van der Waals surface area (Å²) in [6, 6.07) is 5.97. The van der Waals surface area contributed by atoms with Crippen LogP contribution in [0.5, 0.6) is 0 Å². The maximum absolute atomic E-state index is 12.8. The van der Waals surface area contributed by atoms with Gasteiger partial charge < -0.3 is 15.1 Å². The summed E-state index contributed by atoms with van der Waals surface area (Å²) in [5.41, 5.74) is 2.28. The van der Waals surface area contributed by atoms with Crippen LogP contribution in [0.3, 0.4) is 0 Å². The molecule has 26 heavy (non-hydrogen) atoms. The second-order valence-corrected chi connectivity index (χ2v) is 6.95. The van der Waals surface area contributed by atoms with Crippen LogP contribution in [0.2, 0.25) is 0 Å². The lowest BCUT2D eigenvalue weighted by Gasteiger charge is -2.34. The second-order valence-electron chi connectivity index (χ2n) is 6.95. The average Bonchev–Trinajstić information content (AvgIpc) is 3.37. The van der Waals surface area contributed by atoms with Gasteiger partial charge in [-0.1, -0.05) is 11.6 Å². The number of fused-ring (bicyclic) bond motifs is 1. The Morgan fingerprint density at radius 1 is 1.12 bits per heavy atom. The van der Waals surface area contributed by atoms with Crippen molar-refractivity contribution in [2.75, 3.05) is 26.2 Å². The van der Waals surface area contributed by atoms with Crippen LogP contribution in [0, 0.1) is 6.92 Å². The van der Waals surface area contributed by atoms with Gasteiger partial charge in [-0.05, 0) is 31.9 Å². The highest BCUT2D eigenvalue weighted by molar-refractivity contribution is 6.35. The van der Waals surface area contributed by atoms with E-state index < -0.39 is 11.8 Å². The molecule has 8 nitrogen and oxygen atoms in total. The van der Waals surface area contributed by atoms with Gasteiger partial charge in [0, 0.05) is 37.6 Å². The molecule has 1 aliphatic heterocycles. The molecule has 136 valence electrons. The van der Waals surface area contributed by atoms with E-state index in [-0.39, 0.29) is 11.9 Å². The summed E-state index contributed by atoms with van der Waals surface area (Å²) in [5.74, 6) is -1.21. The summed E-state index contributed by atoms with van der Waals surface area (Å²) >= 11 is 0. The van der Waals surface area contributed by atoms with Crippen LogP contribution >= 0.6 is 0 Å². The van der Waals surface area contributed by atoms with Crippen molar-refractivity contribution in [1.29, 1.82) is 0 Å². The molecule has 1 saturated heterocycles. The third-order valence-corrected chi connectivity index (χ3v) is 4.88. The van der Waals surface area contributed by atoms with Gasteiger partial charge in [0.1, 0.15) is 0 Å². The van der Waals surface area contributed by atoms with Gasteiger partial charge in [-0.15, -0.1) is 0 Å². The van der Waals surface area contributed by atoms with Gasteiger partial charge in [0.15, 0.2) is 5.69 Å². The standard InChI is InChI=1S/C18H21N5O3/c1-11-2-5-14-13(10-11)15(21-20-14)17(25)22-6-8-23(9-7-22)18(26)16(24)19-12-3-4-12/h2,5,10,12H,3-4,6-9H2,1H3,(H,19,24)(H,20,21). The first-order valence-corrected chi connectivity index (χ1v) is 8.86. The molecule has 0 spiro atoms. The molecular weight excluding hydrogens is 334 g/mol. The van der Waals surface area contributed by atoms with Gasteiger partial charge in [0.05, 0.1) is 5.52 Å². The number of carbonyl (C=O) groups excluding carboxylic acids is 3. The van der Waals surface area contributed by atoms with Gasteiger partial charge in [-0.3, -0.25) is 19.5 Å². The molecule has 1 aliphatic carbocycles. The molecule has 1 aromatic carbocycles. The van der Waals surface area contributed by atoms with Crippen molar-refractivity contribution in [3.8, 4) is 0 Å². The summed E-state index contributed by atoms with van der Waals surface area (Å²) < 4.78 is 0. The zero-order valence-electron chi connectivity index (χ0n) is 14.6. The number of hydrogen-bond acceptors (Lipinski definition) is 4. The normalized spacial score (nSPS) is 17.4. The molecule has 0 atom stereocenters. The third-order valence-electron chi connectivity index (χ3n) is 4.88. The molecule has 1 aromatic heterocycles. The molecule has 4 rings (SSSR count). The highest BCUT2D eigenvalue weighted by atomic mass is 16.2. The van der Waals surface area contributed by atoms with Gasteiger partial charge in [0.2, 0.25) is 0 Å². The first-order chi connectivity index (χ1) is 12.5. The number of carbonyl (C=O) groups is 3. The quantitative estimate of drug-likeness (QED) is 0.764. The van der Waals surface area contributed by atoms with Crippen molar-refractivity contribution in [3.63, 3.8) is 0 Å². The number of rotatable bonds is 2. The zero-order valence-corrected chi connectivity index (χ0v) is 14.6. The average molecular weight is 355 g/mol. The lowest BCUT2D eigenvalue weighted by Crippen LogP contribution is -2.54. The summed E-state index contributed by atoms with van der Waals surface area (Å²) in [7, 11) is 0. The van der Waals surface area contributed by atoms with E-state index in [1.807, 2.05) is 25.1 Å². The van der Waals surface area contributed by atoms with E-state index in [2.05, 4.69) is 15.5 Å². The van der Waals surface area contributed by atoms with Crippen molar-refractivity contribution < 1.29 is 14.4 Å². The maximum Gasteiger partial charge on any atom is 0.312 e. The van der Waals surface area contributed by atoms with Crippen molar-refractivity contribution in [2.45, 2.75) is 25.8 Å². The van der Waals surface area contributed by atoms with E-state index in [1.165, 1.54) is 4.90 Å². The number of piperazine rings is 1. The van der Waals surface area contributed by atoms with Crippen molar-refractivity contribution in [1.82, 2.24) is 25.3 Å². The fourth-order valence-corrected chi connectivity index (χ4v) is 3.17. The Morgan fingerprint density at radius 2 is 1.81 bits per heavy atom. The smallest absolute Gasteiger partial charge is 0.312 e. The Hall–Kier alpha value is -2.90. The molecule has 1 saturated carbocycles. The minimum absolute atomic E-state index is 0.156. The van der Waals surface area contributed by atoms with E-state index in [1.54, 1.807) is 4.90 Å². The fraction of sp³-hybridized carbons (Fsp3) is 0.444. The minimum Gasteiger partial charge on any atom is -0.345 e. The maximum atomic E-state index is 12.8. The van der Waals surface area contributed by atoms with Crippen LogP contribution < -0.4 is 5.32 Å². The number of aromatic amines is 1. The monoisotopic (exact) mass is 355 g/mol. The number of H-pyrrole nitrogens is 1. The molecule has 2 aromatic rings. The Kier molecular flexibility index (Phi) is 4.10. The van der Waals surface area contributed by atoms with E-state index in [0.717, 1.165) is 29.3 Å². The topological polar surface area (TPSA) is 98.4 Å². The molecule has 2 aliphatic rings. The lowest BCUT2D eigenvalue weighted by molar-refractivity contribution is -0.146. The molecule has 2 fully saturated rings. The number of nitrogens with zero attached hydrogens (tertiary/aromatic N) is 3. The van der Waals surface area contributed by atoms with Gasteiger partial charge in [-0.25, -0.2) is 0 Å². The summed E-state index contributed by atoms with van der Waals surface area (Å²) in [4.78, 5) is 40.0. The number of amides is 3. The first kappa shape index (κ1) is 16.6. The van der Waals surface area contributed by atoms with Crippen LogP contribution in [0.4, 0.5) is 0 Å². The van der Waals surface area contributed by atoms with Crippen molar-refractivity contribution in [3.05, 3.63) is 29.5 Å². The lowest BCUT2D eigenvalue weighted by atomic mass is 10.1. The van der Waals surface area contributed by atoms with Gasteiger partial charge in [0.25, 0.3) is 5.91 Å². The first-order valence-electron chi connectivity index (χ1n) is 8.86. The molecular formula is C18H21N5O3. The van der Waals surface area contributed by atoms with E-state index in [4.69, 9.17) is 0 Å². The van der Waals surface area contributed by atoms with Crippen LogP contribution in [0.25, 0.3) is 10.9 Å². The molecule has 8 heteroatoms. The SMILES string of the molecule is Cc1ccc2[nH]nc(C(=O)N3CCN(C(=O)C(=O)NC4CC4)CC3)c2c1.